The van der Waals surface area contributed by atoms with Crippen molar-refractivity contribution in [1.82, 2.24) is 29.6 Å². The van der Waals surface area contributed by atoms with Crippen molar-refractivity contribution >= 4 is 5.70 Å². The Bertz CT molecular complexity index is 636. The number of aryl methyl sites for hydroxylation is 2. The largest absolute Gasteiger partial charge is 0.362 e. The number of nitrogens with one attached hydrogen (secondary N) is 1. The molecule has 0 saturated carbocycles. The average Bonchev–Trinajstić information content (AvgIpc) is 3.01. The zero-order chi connectivity index (χ0) is 14.1. The van der Waals surface area contributed by atoms with E-state index in [1.807, 2.05) is 18.7 Å². The monoisotopic (exact) mass is 272 g/mol. The van der Waals surface area contributed by atoms with Gasteiger partial charge in [-0.3, -0.25) is 0 Å². The number of aromatic amines is 1. The van der Waals surface area contributed by atoms with Gasteiger partial charge in [0.05, 0.1) is 30.0 Å². The number of H-pyrrole nitrogens is 1. The lowest BCUT2D eigenvalue weighted by Gasteiger charge is -2.30. The van der Waals surface area contributed by atoms with E-state index in [-0.39, 0.29) is 0 Å². The number of hydrogen-bond acceptors (Lipinski definition) is 4. The van der Waals surface area contributed by atoms with Crippen LogP contribution in [0.2, 0.25) is 0 Å². The number of fused-ring (bicyclic) bond motifs is 1. The lowest BCUT2D eigenvalue weighted by Crippen LogP contribution is -2.30. The number of aromatic nitrogens is 5. The number of hydrogen-bond donors (Lipinski definition) is 1. The molecule has 0 unspecified atom stereocenters. The molecule has 2 aromatic heterocycles. The predicted octanol–water partition coefficient (Wildman–Crippen LogP) is 1.66. The van der Waals surface area contributed by atoms with E-state index >= 15 is 0 Å². The lowest BCUT2D eigenvalue weighted by atomic mass is 10.1. The molecule has 0 saturated heterocycles. The summed E-state index contributed by atoms with van der Waals surface area (Å²) in [5, 5.41) is 4.36. The minimum absolute atomic E-state index is 0.809. The minimum Gasteiger partial charge on any atom is -0.362 e. The molecular formula is C14H20N6. The molecule has 20 heavy (non-hydrogen) atoms. The van der Waals surface area contributed by atoms with E-state index in [1.54, 1.807) is 6.33 Å². The Morgan fingerprint density at radius 2 is 2.35 bits per heavy atom. The van der Waals surface area contributed by atoms with Crippen LogP contribution in [-0.4, -0.2) is 36.2 Å². The van der Waals surface area contributed by atoms with Crippen molar-refractivity contribution in [3.8, 4) is 0 Å². The van der Waals surface area contributed by atoms with Gasteiger partial charge in [-0.05, 0) is 13.3 Å². The van der Waals surface area contributed by atoms with Gasteiger partial charge in [-0.1, -0.05) is 13.0 Å². The van der Waals surface area contributed by atoms with Gasteiger partial charge in [-0.25, -0.2) is 14.6 Å². The van der Waals surface area contributed by atoms with Crippen LogP contribution in [0, 0.1) is 6.92 Å². The van der Waals surface area contributed by atoms with Crippen molar-refractivity contribution in [2.24, 2.45) is 7.05 Å². The second-order valence-electron chi connectivity index (χ2n) is 5.10. The Morgan fingerprint density at radius 1 is 1.50 bits per heavy atom. The first-order valence-corrected chi connectivity index (χ1v) is 7.03. The van der Waals surface area contributed by atoms with Gasteiger partial charge in [0.25, 0.3) is 0 Å². The highest BCUT2D eigenvalue weighted by Gasteiger charge is 2.23. The summed E-state index contributed by atoms with van der Waals surface area (Å²) in [7, 11) is 1.95. The average molecular weight is 272 g/mol. The maximum atomic E-state index is 4.56. The summed E-state index contributed by atoms with van der Waals surface area (Å²) in [4.78, 5) is 14.5. The lowest BCUT2D eigenvalue weighted by molar-refractivity contribution is 0.361. The summed E-state index contributed by atoms with van der Waals surface area (Å²) in [5.74, 6) is 1.75. The van der Waals surface area contributed by atoms with Crippen LogP contribution in [-0.2, 0) is 20.0 Å². The van der Waals surface area contributed by atoms with Crippen LogP contribution in [0.3, 0.4) is 0 Å². The summed E-state index contributed by atoms with van der Waals surface area (Å²) in [6.07, 6.45) is 5.96. The molecule has 0 spiro atoms. The topological polar surface area (TPSA) is 62.6 Å². The third kappa shape index (κ3) is 2.21. The fourth-order valence-electron chi connectivity index (χ4n) is 2.71. The maximum absolute atomic E-state index is 4.56. The summed E-state index contributed by atoms with van der Waals surface area (Å²) in [5.41, 5.74) is 3.55. The highest BCUT2D eigenvalue weighted by molar-refractivity contribution is 5.58. The first-order valence-electron chi connectivity index (χ1n) is 7.03. The van der Waals surface area contributed by atoms with Crippen molar-refractivity contribution in [2.75, 3.05) is 6.54 Å². The van der Waals surface area contributed by atoms with Gasteiger partial charge in [0.15, 0.2) is 5.82 Å². The second kappa shape index (κ2) is 5.11. The molecule has 6 heteroatoms. The Balaban J connectivity index is 1.93. The molecule has 1 aliphatic heterocycles. The van der Waals surface area contributed by atoms with Crippen LogP contribution >= 0.6 is 0 Å². The molecule has 3 rings (SSSR count). The molecule has 6 nitrogen and oxygen atoms in total. The van der Waals surface area contributed by atoms with Crippen molar-refractivity contribution in [2.45, 2.75) is 33.2 Å². The molecular weight excluding hydrogens is 252 g/mol. The highest BCUT2D eigenvalue weighted by atomic mass is 15.4. The normalized spacial score (nSPS) is 15.6. The molecule has 1 aliphatic rings. The molecule has 3 heterocycles. The van der Waals surface area contributed by atoms with Crippen LogP contribution < -0.4 is 0 Å². The van der Waals surface area contributed by atoms with E-state index in [2.05, 4.69) is 38.0 Å². The Labute approximate surface area is 118 Å². The first-order chi connectivity index (χ1) is 9.69. The number of rotatable bonds is 3. The van der Waals surface area contributed by atoms with Crippen molar-refractivity contribution in [1.29, 1.82) is 0 Å². The summed E-state index contributed by atoms with van der Waals surface area (Å²) in [6.45, 7) is 5.90. The third-order valence-corrected chi connectivity index (χ3v) is 3.61. The van der Waals surface area contributed by atoms with E-state index < -0.39 is 0 Å². The van der Waals surface area contributed by atoms with E-state index in [9.17, 15) is 0 Å². The quantitative estimate of drug-likeness (QED) is 0.923. The fraction of sp³-hybridized carbons (Fsp3) is 0.500. The van der Waals surface area contributed by atoms with Crippen molar-refractivity contribution in [3.63, 3.8) is 0 Å². The number of allylic oxidation sites excluding steroid dienone is 1. The highest BCUT2D eigenvalue weighted by Crippen LogP contribution is 2.25. The zero-order valence-corrected chi connectivity index (χ0v) is 12.2. The summed E-state index contributed by atoms with van der Waals surface area (Å²) in [6, 6.07) is 0. The minimum atomic E-state index is 0.809. The van der Waals surface area contributed by atoms with Gasteiger partial charge >= 0.3 is 0 Å². The van der Waals surface area contributed by atoms with Gasteiger partial charge in [-0.2, -0.15) is 5.10 Å². The standard InChI is InChI=1S/C14H20N6/c1-4-5-13(14-17-10(2)18-19(14)3)20-7-6-11-12(8-20)16-9-15-11/h5,9H,4,6-8H2,1-3H3,(H,15,16)/b13-5+. The molecule has 106 valence electrons. The van der Waals surface area contributed by atoms with Crippen LogP contribution in [0.4, 0.5) is 0 Å². The van der Waals surface area contributed by atoms with Gasteiger partial charge in [0, 0.05) is 20.0 Å². The molecule has 0 radical (unpaired) electrons. The maximum Gasteiger partial charge on any atom is 0.174 e. The molecule has 1 N–H and O–H groups in total. The van der Waals surface area contributed by atoms with E-state index in [0.29, 0.717) is 0 Å². The van der Waals surface area contributed by atoms with Crippen LogP contribution in [0.25, 0.3) is 5.70 Å². The second-order valence-corrected chi connectivity index (χ2v) is 5.10. The van der Waals surface area contributed by atoms with Crippen LogP contribution in [0.15, 0.2) is 12.4 Å². The van der Waals surface area contributed by atoms with E-state index in [0.717, 1.165) is 43.3 Å². The van der Waals surface area contributed by atoms with Crippen LogP contribution in [0.1, 0.15) is 36.4 Å². The van der Waals surface area contributed by atoms with E-state index in [4.69, 9.17) is 0 Å². The molecule has 0 fully saturated rings. The van der Waals surface area contributed by atoms with Gasteiger partial charge in [0.2, 0.25) is 0 Å². The van der Waals surface area contributed by atoms with Gasteiger partial charge in [0.1, 0.15) is 5.82 Å². The Kier molecular flexibility index (Phi) is 3.30. The van der Waals surface area contributed by atoms with E-state index in [1.165, 1.54) is 11.4 Å². The van der Waals surface area contributed by atoms with Crippen molar-refractivity contribution in [3.05, 3.63) is 35.4 Å². The molecule has 0 aliphatic carbocycles. The Morgan fingerprint density at radius 3 is 3.05 bits per heavy atom. The Hall–Kier alpha value is -2.11. The van der Waals surface area contributed by atoms with Gasteiger partial charge in [-0.15, -0.1) is 0 Å². The zero-order valence-electron chi connectivity index (χ0n) is 12.2. The SMILES string of the molecule is CC/C=C(\c1nc(C)nn1C)N1CCc2nc[nH]c2C1. The number of nitrogens with zero attached hydrogens (tertiary/aromatic N) is 5. The third-order valence-electron chi connectivity index (χ3n) is 3.61. The molecule has 0 bridgehead atoms. The molecule has 0 atom stereocenters. The smallest absolute Gasteiger partial charge is 0.174 e. The molecule has 0 aromatic carbocycles. The summed E-state index contributed by atoms with van der Waals surface area (Å²) < 4.78 is 1.86. The predicted molar refractivity (Wildman–Crippen MR) is 76.7 cm³/mol. The van der Waals surface area contributed by atoms with Crippen LogP contribution in [0.5, 0.6) is 0 Å². The first kappa shape index (κ1) is 12.9. The number of imidazole rings is 1. The summed E-state index contributed by atoms with van der Waals surface area (Å²) >= 11 is 0. The van der Waals surface area contributed by atoms with Crippen molar-refractivity contribution < 1.29 is 0 Å². The molecule has 2 aromatic rings. The fourth-order valence-corrected chi connectivity index (χ4v) is 2.71. The molecule has 0 amide bonds. The van der Waals surface area contributed by atoms with Gasteiger partial charge < -0.3 is 9.88 Å².